The first-order valence-electron chi connectivity index (χ1n) is 6.93. The quantitative estimate of drug-likeness (QED) is 0.923. The van der Waals surface area contributed by atoms with Crippen LogP contribution in [-0.2, 0) is 0 Å². The van der Waals surface area contributed by atoms with Gasteiger partial charge < -0.3 is 9.88 Å². The summed E-state index contributed by atoms with van der Waals surface area (Å²) in [7, 11) is 0. The molecular formula is C14H16ClN5O. The summed E-state index contributed by atoms with van der Waals surface area (Å²) < 4.78 is 0. The number of aryl methyl sites for hydroxylation is 1. The third-order valence-electron chi connectivity index (χ3n) is 3.76. The number of likely N-dealkylation sites (tertiary alicyclic amines) is 1. The first kappa shape index (κ1) is 14.0. The van der Waals surface area contributed by atoms with E-state index in [1.807, 2.05) is 6.20 Å². The van der Waals surface area contributed by atoms with Gasteiger partial charge in [-0.3, -0.25) is 4.79 Å². The van der Waals surface area contributed by atoms with Crippen molar-refractivity contribution < 1.29 is 4.79 Å². The van der Waals surface area contributed by atoms with Crippen LogP contribution in [-0.4, -0.2) is 43.8 Å². The van der Waals surface area contributed by atoms with Crippen molar-refractivity contribution in [3.63, 3.8) is 0 Å². The van der Waals surface area contributed by atoms with E-state index in [-0.39, 0.29) is 5.91 Å². The Morgan fingerprint density at radius 1 is 1.38 bits per heavy atom. The van der Waals surface area contributed by atoms with Crippen LogP contribution in [0.5, 0.6) is 0 Å². The Balaban J connectivity index is 1.69. The smallest absolute Gasteiger partial charge is 0.274 e. The topological polar surface area (TPSA) is 74.8 Å². The number of piperidine rings is 1. The van der Waals surface area contributed by atoms with E-state index in [2.05, 4.69) is 19.9 Å². The summed E-state index contributed by atoms with van der Waals surface area (Å²) in [4.78, 5) is 29.9. The summed E-state index contributed by atoms with van der Waals surface area (Å²) in [5.74, 6) is 1.81. The van der Waals surface area contributed by atoms with Gasteiger partial charge >= 0.3 is 0 Å². The number of aromatic nitrogens is 4. The molecule has 3 heterocycles. The summed E-state index contributed by atoms with van der Waals surface area (Å²) in [6.45, 7) is 3.11. The number of imidazole rings is 1. The second-order valence-electron chi connectivity index (χ2n) is 5.15. The first-order valence-corrected chi connectivity index (χ1v) is 7.30. The average Bonchev–Trinajstić information content (AvgIpc) is 3.03. The Morgan fingerprint density at radius 2 is 2.14 bits per heavy atom. The number of hydrogen-bond donors (Lipinski definition) is 1. The Kier molecular flexibility index (Phi) is 3.88. The van der Waals surface area contributed by atoms with E-state index in [0.29, 0.717) is 35.5 Å². The molecule has 0 bridgehead atoms. The standard InChI is InChI=1S/C14H16ClN5O/c1-9-18-8-11(15)12(19-9)14(21)20-6-2-10(3-7-20)13-16-4-5-17-13/h4-5,8,10H,2-3,6-7H2,1H3,(H,16,17). The molecule has 2 aromatic heterocycles. The van der Waals surface area contributed by atoms with Crippen molar-refractivity contribution in [3.05, 3.63) is 41.0 Å². The number of H-pyrrole nitrogens is 1. The predicted molar refractivity (Wildman–Crippen MR) is 78.2 cm³/mol. The van der Waals surface area contributed by atoms with E-state index in [1.54, 1.807) is 18.0 Å². The van der Waals surface area contributed by atoms with E-state index in [1.165, 1.54) is 6.20 Å². The Labute approximate surface area is 127 Å². The van der Waals surface area contributed by atoms with Gasteiger partial charge in [0.1, 0.15) is 11.6 Å². The van der Waals surface area contributed by atoms with Crippen molar-refractivity contribution >= 4 is 17.5 Å². The predicted octanol–water partition coefficient (Wildman–Crippen LogP) is 2.18. The van der Waals surface area contributed by atoms with E-state index >= 15 is 0 Å². The summed E-state index contributed by atoms with van der Waals surface area (Å²) in [5, 5.41) is 0.304. The molecule has 0 saturated carbocycles. The average molecular weight is 306 g/mol. The summed E-state index contributed by atoms with van der Waals surface area (Å²) in [6, 6.07) is 0. The molecule has 0 spiro atoms. The second-order valence-corrected chi connectivity index (χ2v) is 5.56. The fourth-order valence-corrected chi connectivity index (χ4v) is 2.78. The van der Waals surface area contributed by atoms with Gasteiger partial charge in [-0.15, -0.1) is 0 Å². The number of hydrogen-bond acceptors (Lipinski definition) is 4. The first-order chi connectivity index (χ1) is 10.1. The molecule has 1 amide bonds. The van der Waals surface area contributed by atoms with E-state index in [9.17, 15) is 4.79 Å². The zero-order chi connectivity index (χ0) is 14.8. The second kappa shape index (κ2) is 5.81. The maximum absolute atomic E-state index is 12.5. The van der Waals surface area contributed by atoms with Crippen molar-refractivity contribution in [2.45, 2.75) is 25.7 Å². The molecular weight excluding hydrogens is 290 g/mol. The summed E-state index contributed by atoms with van der Waals surface area (Å²) >= 11 is 6.03. The molecule has 6 nitrogen and oxygen atoms in total. The van der Waals surface area contributed by atoms with E-state index in [0.717, 1.165) is 18.7 Å². The van der Waals surface area contributed by atoms with Crippen LogP contribution < -0.4 is 0 Å². The molecule has 110 valence electrons. The van der Waals surface area contributed by atoms with Crippen molar-refractivity contribution in [1.29, 1.82) is 0 Å². The molecule has 0 unspecified atom stereocenters. The molecule has 1 N–H and O–H groups in total. The summed E-state index contributed by atoms with van der Waals surface area (Å²) in [5.41, 5.74) is 0.292. The van der Waals surface area contributed by atoms with Crippen molar-refractivity contribution in [2.75, 3.05) is 13.1 Å². The van der Waals surface area contributed by atoms with Crippen molar-refractivity contribution in [1.82, 2.24) is 24.8 Å². The number of carbonyl (C=O) groups is 1. The Hall–Kier alpha value is -1.95. The molecule has 0 aliphatic carbocycles. The van der Waals surface area contributed by atoms with E-state index in [4.69, 9.17) is 11.6 Å². The lowest BCUT2D eigenvalue weighted by Gasteiger charge is -2.31. The van der Waals surface area contributed by atoms with Gasteiger partial charge in [0, 0.05) is 31.4 Å². The lowest BCUT2D eigenvalue weighted by Crippen LogP contribution is -2.38. The maximum Gasteiger partial charge on any atom is 0.274 e. The molecule has 0 atom stereocenters. The fraction of sp³-hybridized carbons (Fsp3) is 0.429. The molecule has 7 heteroatoms. The van der Waals surface area contributed by atoms with Crippen LogP contribution in [0.1, 0.15) is 40.9 Å². The van der Waals surface area contributed by atoms with Crippen LogP contribution in [0.2, 0.25) is 5.02 Å². The zero-order valence-electron chi connectivity index (χ0n) is 11.7. The number of amides is 1. The van der Waals surface area contributed by atoms with Gasteiger partial charge in [0.25, 0.3) is 5.91 Å². The minimum absolute atomic E-state index is 0.122. The van der Waals surface area contributed by atoms with Crippen LogP contribution in [0.15, 0.2) is 18.6 Å². The third-order valence-corrected chi connectivity index (χ3v) is 4.03. The molecule has 1 fully saturated rings. The molecule has 0 radical (unpaired) electrons. The zero-order valence-corrected chi connectivity index (χ0v) is 12.5. The minimum Gasteiger partial charge on any atom is -0.348 e. The lowest BCUT2D eigenvalue weighted by molar-refractivity contribution is 0.0705. The largest absolute Gasteiger partial charge is 0.348 e. The van der Waals surface area contributed by atoms with Gasteiger partial charge in [-0.05, 0) is 19.8 Å². The molecule has 1 aliphatic rings. The molecule has 1 aliphatic heterocycles. The van der Waals surface area contributed by atoms with Gasteiger partial charge in [-0.25, -0.2) is 15.0 Å². The lowest BCUT2D eigenvalue weighted by atomic mass is 9.96. The number of aromatic amines is 1. The normalized spacial score (nSPS) is 16.2. The van der Waals surface area contributed by atoms with Crippen LogP contribution in [0, 0.1) is 6.92 Å². The van der Waals surface area contributed by atoms with Gasteiger partial charge in [-0.1, -0.05) is 11.6 Å². The van der Waals surface area contributed by atoms with Crippen LogP contribution >= 0.6 is 11.6 Å². The third kappa shape index (κ3) is 2.90. The number of nitrogens with zero attached hydrogens (tertiary/aromatic N) is 4. The fourth-order valence-electron chi connectivity index (χ4n) is 2.61. The molecule has 2 aromatic rings. The number of halogens is 1. The Morgan fingerprint density at radius 3 is 2.81 bits per heavy atom. The molecule has 3 rings (SSSR count). The summed E-state index contributed by atoms with van der Waals surface area (Å²) in [6.07, 6.45) is 6.85. The van der Waals surface area contributed by atoms with Gasteiger partial charge in [0.05, 0.1) is 11.2 Å². The van der Waals surface area contributed by atoms with Crippen LogP contribution in [0.4, 0.5) is 0 Å². The Bertz CT molecular complexity index is 635. The highest BCUT2D eigenvalue weighted by Crippen LogP contribution is 2.26. The number of nitrogens with one attached hydrogen (secondary N) is 1. The molecule has 0 aromatic carbocycles. The molecule has 1 saturated heterocycles. The number of carbonyl (C=O) groups excluding carboxylic acids is 1. The number of rotatable bonds is 2. The SMILES string of the molecule is Cc1ncc(Cl)c(C(=O)N2CCC(c3ncc[nH]3)CC2)n1. The van der Waals surface area contributed by atoms with Crippen molar-refractivity contribution in [3.8, 4) is 0 Å². The van der Waals surface area contributed by atoms with Crippen LogP contribution in [0.25, 0.3) is 0 Å². The maximum atomic E-state index is 12.5. The highest BCUT2D eigenvalue weighted by molar-refractivity contribution is 6.33. The van der Waals surface area contributed by atoms with E-state index < -0.39 is 0 Å². The highest BCUT2D eigenvalue weighted by Gasteiger charge is 2.27. The van der Waals surface area contributed by atoms with Gasteiger partial charge in [-0.2, -0.15) is 0 Å². The van der Waals surface area contributed by atoms with Crippen LogP contribution in [0.3, 0.4) is 0 Å². The minimum atomic E-state index is -0.122. The van der Waals surface area contributed by atoms with Gasteiger partial charge in [0.2, 0.25) is 0 Å². The van der Waals surface area contributed by atoms with Crippen molar-refractivity contribution in [2.24, 2.45) is 0 Å². The molecule has 21 heavy (non-hydrogen) atoms. The monoisotopic (exact) mass is 305 g/mol. The van der Waals surface area contributed by atoms with Gasteiger partial charge in [0.15, 0.2) is 5.69 Å². The highest BCUT2D eigenvalue weighted by atomic mass is 35.5.